The zero-order chi connectivity index (χ0) is 17.5. The summed E-state index contributed by atoms with van der Waals surface area (Å²) in [5.41, 5.74) is 3.00. The van der Waals surface area contributed by atoms with E-state index in [-0.39, 0.29) is 0 Å². The number of rotatable bonds is 5. The van der Waals surface area contributed by atoms with Gasteiger partial charge in [-0.1, -0.05) is 0 Å². The van der Waals surface area contributed by atoms with Crippen LogP contribution in [0.25, 0.3) is 0 Å². The number of hydrogen-bond acceptors (Lipinski definition) is 5. The number of nitrogens with zero attached hydrogens (tertiary/aromatic N) is 3. The van der Waals surface area contributed by atoms with Gasteiger partial charge in [0.25, 0.3) is 0 Å². The Labute approximate surface area is 154 Å². The Morgan fingerprint density at radius 2 is 2.24 bits per heavy atom. The van der Waals surface area contributed by atoms with E-state index in [0.717, 1.165) is 63.8 Å². The maximum absolute atomic E-state index is 6.10. The van der Waals surface area contributed by atoms with Gasteiger partial charge < -0.3 is 19.7 Å². The maximum atomic E-state index is 6.10. The molecule has 0 aromatic carbocycles. The van der Waals surface area contributed by atoms with Crippen molar-refractivity contribution in [3.8, 4) is 0 Å². The molecule has 0 spiro atoms. The molecule has 2 fully saturated rings. The van der Waals surface area contributed by atoms with Crippen LogP contribution in [0, 0.1) is 6.92 Å². The molecule has 0 aliphatic carbocycles. The Hall–Kier alpha value is -1.18. The van der Waals surface area contributed by atoms with E-state index < -0.39 is 0 Å². The van der Waals surface area contributed by atoms with Gasteiger partial charge in [-0.3, -0.25) is 4.99 Å². The van der Waals surface area contributed by atoms with E-state index in [1.54, 1.807) is 11.3 Å². The number of thiazole rings is 1. The van der Waals surface area contributed by atoms with Gasteiger partial charge >= 0.3 is 0 Å². The van der Waals surface area contributed by atoms with E-state index in [1.165, 1.54) is 17.7 Å². The number of aliphatic imine (C=N–C) groups is 1. The summed E-state index contributed by atoms with van der Waals surface area (Å²) in [6, 6.07) is 0. The first kappa shape index (κ1) is 18.6. The molecule has 1 atom stereocenters. The third-order valence-corrected chi connectivity index (χ3v) is 5.93. The van der Waals surface area contributed by atoms with Crippen molar-refractivity contribution < 1.29 is 9.47 Å². The van der Waals surface area contributed by atoms with E-state index >= 15 is 0 Å². The lowest BCUT2D eigenvalue weighted by atomic mass is 10.1. The van der Waals surface area contributed by atoms with Gasteiger partial charge in [0.05, 0.1) is 36.6 Å². The molecule has 25 heavy (non-hydrogen) atoms. The van der Waals surface area contributed by atoms with Gasteiger partial charge in [-0.2, -0.15) is 0 Å². The van der Waals surface area contributed by atoms with E-state index in [4.69, 9.17) is 9.47 Å². The molecule has 3 rings (SSSR count). The predicted octanol–water partition coefficient (Wildman–Crippen LogP) is 2.58. The lowest BCUT2D eigenvalue weighted by Crippen LogP contribution is -2.47. The van der Waals surface area contributed by atoms with Gasteiger partial charge in [0.2, 0.25) is 0 Å². The van der Waals surface area contributed by atoms with Crippen LogP contribution < -0.4 is 5.32 Å². The maximum Gasteiger partial charge on any atom is 0.193 e. The van der Waals surface area contributed by atoms with Crippen LogP contribution in [0.15, 0.2) is 10.5 Å². The first-order valence-electron chi connectivity index (χ1n) is 9.34. The van der Waals surface area contributed by atoms with Crippen LogP contribution >= 0.6 is 11.3 Å². The summed E-state index contributed by atoms with van der Waals surface area (Å²) >= 11 is 1.69. The van der Waals surface area contributed by atoms with E-state index in [1.807, 2.05) is 12.6 Å². The molecule has 1 aromatic heterocycles. The monoisotopic (exact) mass is 366 g/mol. The Morgan fingerprint density at radius 1 is 1.40 bits per heavy atom. The topological polar surface area (TPSA) is 59.0 Å². The minimum atomic E-state index is 0.309. The fourth-order valence-electron chi connectivity index (χ4n) is 3.40. The Bertz CT molecular complexity index is 549. The Morgan fingerprint density at radius 3 is 2.88 bits per heavy atom. The molecule has 140 valence electrons. The third-order valence-electron chi connectivity index (χ3n) is 5.00. The van der Waals surface area contributed by atoms with E-state index in [9.17, 15) is 0 Å². The first-order valence-corrected chi connectivity index (χ1v) is 10.2. The van der Waals surface area contributed by atoms with Gasteiger partial charge in [0.15, 0.2) is 5.96 Å². The summed E-state index contributed by atoms with van der Waals surface area (Å²) in [5.74, 6) is 0.974. The molecule has 2 saturated heterocycles. The standard InChI is InChI=1S/C18H30N4O2S/c1-14-17(25-13-21-14)11-20-18(19-2)22-8-6-15(7-9-22)24-12-16-5-3-4-10-23-16/h13,15-16H,3-12H2,1-2H3,(H,19,20). The number of aryl methyl sites for hydroxylation is 1. The van der Waals surface area contributed by atoms with Crippen LogP contribution in [0.1, 0.15) is 42.7 Å². The smallest absolute Gasteiger partial charge is 0.193 e. The van der Waals surface area contributed by atoms with Crippen LogP contribution in [0.5, 0.6) is 0 Å². The van der Waals surface area contributed by atoms with Crippen molar-refractivity contribution in [1.82, 2.24) is 15.2 Å². The number of piperidine rings is 1. The second-order valence-corrected chi connectivity index (χ2v) is 7.71. The molecule has 6 nitrogen and oxygen atoms in total. The molecule has 2 aliphatic heterocycles. The second-order valence-electron chi connectivity index (χ2n) is 6.77. The average molecular weight is 367 g/mol. The largest absolute Gasteiger partial charge is 0.376 e. The minimum Gasteiger partial charge on any atom is -0.376 e. The van der Waals surface area contributed by atoms with Crippen LogP contribution in [-0.2, 0) is 16.0 Å². The molecule has 7 heteroatoms. The molecule has 1 unspecified atom stereocenters. The summed E-state index contributed by atoms with van der Waals surface area (Å²) < 4.78 is 11.9. The Kier molecular flexibility index (Phi) is 7.07. The normalized spacial score (nSPS) is 23.0. The van der Waals surface area contributed by atoms with Crippen LogP contribution in [0.3, 0.4) is 0 Å². The van der Waals surface area contributed by atoms with Crippen molar-refractivity contribution in [2.75, 3.05) is 33.4 Å². The number of ether oxygens (including phenoxy) is 2. The number of nitrogens with one attached hydrogen (secondary N) is 1. The molecule has 1 aromatic rings. The fourth-order valence-corrected chi connectivity index (χ4v) is 4.12. The molecule has 0 radical (unpaired) electrons. The van der Waals surface area contributed by atoms with Crippen molar-refractivity contribution in [2.24, 2.45) is 4.99 Å². The molecular formula is C18H30N4O2S. The van der Waals surface area contributed by atoms with Crippen LogP contribution in [-0.4, -0.2) is 61.4 Å². The summed E-state index contributed by atoms with van der Waals surface area (Å²) in [6.45, 7) is 6.46. The highest BCUT2D eigenvalue weighted by molar-refractivity contribution is 7.09. The van der Waals surface area contributed by atoms with Gasteiger partial charge in [-0.05, 0) is 39.0 Å². The molecule has 3 heterocycles. The van der Waals surface area contributed by atoms with E-state index in [0.29, 0.717) is 12.2 Å². The van der Waals surface area contributed by atoms with Crippen molar-refractivity contribution in [3.05, 3.63) is 16.1 Å². The average Bonchev–Trinajstić information content (AvgIpc) is 3.07. The molecule has 0 saturated carbocycles. The summed E-state index contributed by atoms with van der Waals surface area (Å²) in [5, 5.41) is 3.47. The van der Waals surface area contributed by atoms with Crippen LogP contribution in [0.2, 0.25) is 0 Å². The number of likely N-dealkylation sites (tertiary alicyclic amines) is 1. The summed E-state index contributed by atoms with van der Waals surface area (Å²) in [7, 11) is 1.85. The lowest BCUT2D eigenvalue weighted by molar-refractivity contribution is -0.0721. The SMILES string of the molecule is CN=C(NCc1scnc1C)N1CCC(OCC2CCCCO2)CC1. The van der Waals surface area contributed by atoms with Gasteiger partial charge in [-0.15, -0.1) is 11.3 Å². The Balaban J connectivity index is 1.38. The molecule has 1 N–H and O–H groups in total. The predicted molar refractivity (Wildman–Crippen MR) is 101 cm³/mol. The van der Waals surface area contributed by atoms with Gasteiger partial charge in [0, 0.05) is 31.6 Å². The van der Waals surface area contributed by atoms with Crippen molar-refractivity contribution in [1.29, 1.82) is 0 Å². The highest BCUT2D eigenvalue weighted by atomic mass is 32.1. The molecule has 2 aliphatic rings. The number of hydrogen-bond donors (Lipinski definition) is 1. The minimum absolute atomic E-state index is 0.309. The van der Waals surface area contributed by atoms with Crippen molar-refractivity contribution in [2.45, 2.75) is 57.8 Å². The molecule has 0 amide bonds. The first-order chi connectivity index (χ1) is 12.3. The quantitative estimate of drug-likeness (QED) is 0.641. The zero-order valence-electron chi connectivity index (χ0n) is 15.4. The highest BCUT2D eigenvalue weighted by Gasteiger charge is 2.23. The molecule has 0 bridgehead atoms. The van der Waals surface area contributed by atoms with Gasteiger partial charge in [0.1, 0.15) is 0 Å². The highest BCUT2D eigenvalue weighted by Crippen LogP contribution is 2.18. The number of guanidine groups is 1. The number of aromatic nitrogens is 1. The van der Waals surface area contributed by atoms with Crippen LogP contribution in [0.4, 0.5) is 0 Å². The zero-order valence-corrected chi connectivity index (χ0v) is 16.2. The third kappa shape index (κ3) is 5.39. The molecular weight excluding hydrogens is 336 g/mol. The second kappa shape index (κ2) is 9.50. The van der Waals surface area contributed by atoms with Crippen molar-refractivity contribution in [3.63, 3.8) is 0 Å². The summed E-state index contributed by atoms with van der Waals surface area (Å²) in [6.07, 6.45) is 6.37. The van der Waals surface area contributed by atoms with Crippen molar-refractivity contribution >= 4 is 17.3 Å². The summed E-state index contributed by atoms with van der Waals surface area (Å²) in [4.78, 5) is 12.3. The lowest BCUT2D eigenvalue weighted by Gasteiger charge is -2.35. The van der Waals surface area contributed by atoms with Gasteiger partial charge in [-0.25, -0.2) is 4.98 Å². The van der Waals surface area contributed by atoms with E-state index in [2.05, 4.69) is 27.1 Å². The fraction of sp³-hybridized carbons (Fsp3) is 0.778.